The second kappa shape index (κ2) is 14.8. The van der Waals surface area contributed by atoms with Gasteiger partial charge in [0.1, 0.15) is 6.04 Å². The van der Waals surface area contributed by atoms with Gasteiger partial charge in [-0.25, -0.2) is 4.79 Å². The maximum Gasteiger partial charge on any atom is 0.490 e. The number of anilines is 1. The molecule has 1 aliphatic carbocycles. The lowest BCUT2D eigenvalue weighted by atomic mass is 9.83. The molecule has 5 rings (SSSR count). The number of carboxylic acids is 1. The number of carboxylic acid groups (broad SMARTS) is 1. The highest BCUT2D eigenvalue weighted by atomic mass is 19.4. The Hall–Kier alpha value is -5.04. The molecule has 0 radical (unpaired) electrons. The molecule has 3 aromatic rings. The summed E-state index contributed by atoms with van der Waals surface area (Å²) < 4.78 is 31.7. The number of carbonyl (C=O) groups excluding carboxylic acids is 4. The third-order valence-electron chi connectivity index (χ3n) is 7.62. The van der Waals surface area contributed by atoms with E-state index in [2.05, 4.69) is 10.6 Å². The first-order valence-corrected chi connectivity index (χ1v) is 14.6. The van der Waals surface area contributed by atoms with Crippen molar-refractivity contribution in [1.82, 2.24) is 10.2 Å². The van der Waals surface area contributed by atoms with E-state index >= 15 is 0 Å². The molecule has 1 fully saturated rings. The summed E-state index contributed by atoms with van der Waals surface area (Å²) in [6.07, 6.45) is -2.68. The third kappa shape index (κ3) is 7.96. The van der Waals surface area contributed by atoms with Gasteiger partial charge < -0.3 is 26.4 Å². The zero-order valence-electron chi connectivity index (χ0n) is 24.7. The first-order valence-electron chi connectivity index (χ1n) is 14.6. The molecule has 2 amide bonds. The Balaban J connectivity index is 0.000000617. The van der Waals surface area contributed by atoms with Crippen molar-refractivity contribution in [2.75, 3.05) is 25.0 Å². The highest BCUT2D eigenvalue weighted by Gasteiger charge is 2.38. The van der Waals surface area contributed by atoms with Crippen LogP contribution in [0.1, 0.15) is 56.7 Å². The van der Waals surface area contributed by atoms with Crippen LogP contribution in [-0.4, -0.2) is 77.3 Å². The topological polar surface area (TPSA) is 159 Å². The summed E-state index contributed by atoms with van der Waals surface area (Å²) in [4.78, 5) is 62.5. The van der Waals surface area contributed by atoms with E-state index in [1.54, 1.807) is 47.4 Å². The molecule has 0 spiro atoms. The molecule has 0 unspecified atom stereocenters. The number of fused-ring (bicyclic) bond motifs is 2. The van der Waals surface area contributed by atoms with E-state index in [9.17, 15) is 32.3 Å². The number of nitrogens with one attached hydrogen (secondary N) is 2. The summed E-state index contributed by atoms with van der Waals surface area (Å²) in [7, 11) is 0. The highest BCUT2D eigenvalue weighted by Crippen LogP contribution is 2.32. The van der Waals surface area contributed by atoms with Crippen LogP contribution in [0.4, 0.5) is 18.9 Å². The van der Waals surface area contributed by atoms with E-state index in [0.29, 0.717) is 66.8 Å². The van der Waals surface area contributed by atoms with Gasteiger partial charge in [-0.05, 0) is 37.3 Å². The van der Waals surface area contributed by atoms with Crippen molar-refractivity contribution < 1.29 is 42.3 Å². The Kier molecular flexibility index (Phi) is 10.9. The van der Waals surface area contributed by atoms with Crippen LogP contribution in [0.2, 0.25) is 0 Å². The lowest BCUT2D eigenvalue weighted by Crippen LogP contribution is -2.52. The van der Waals surface area contributed by atoms with Gasteiger partial charge in [0.25, 0.3) is 0 Å². The number of alkyl halides is 3. The largest absolute Gasteiger partial charge is 0.490 e. The molecular formula is C33H33F3N4O6. The van der Waals surface area contributed by atoms with E-state index in [0.717, 1.165) is 12.0 Å². The molecule has 0 saturated carbocycles. The Morgan fingerprint density at radius 3 is 2.15 bits per heavy atom. The molecule has 5 N–H and O–H groups in total. The van der Waals surface area contributed by atoms with Gasteiger partial charge >= 0.3 is 12.1 Å². The van der Waals surface area contributed by atoms with Crippen LogP contribution in [0.3, 0.4) is 0 Å². The molecule has 1 heterocycles. The minimum Gasteiger partial charge on any atom is -0.475 e. The number of aliphatic carboxylic acids is 1. The van der Waals surface area contributed by atoms with Crippen molar-refractivity contribution in [3.05, 3.63) is 101 Å². The maximum absolute atomic E-state index is 13.1. The number of benzene rings is 3. The monoisotopic (exact) mass is 638 g/mol. The van der Waals surface area contributed by atoms with Gasteiger partial charge in [0.05, 0.1) is 11.6 Å². The molecule has 13 heteroatoms. The van der Waals surface area contributed by atoms with Crippen LogP contribution in [0.15, 0.2) is 72.8 Å². The van der Waals surface area contributed by atoms with Crippen molar-refractivity contribution in [3.8, 4) is 0 Å². The van der Waals surface area contributed by atoms with Crippen molar-refractivity contribution in [2.24, 2.45) is 5.73 Å². The Morgan fingerprint density at radius 1 is 0.891 bits per heavy atom. The van der Waals surface area contributed by atoms with Crippen LogP contribution < -0.4 is 16.4 Å². The van der Waals surface area contributed by atoms with Crippen LogP contribution in [0.25, 0.3) is 0 Å². The predicted molar refractivity (Wildman–Crippen MR) is 162 cm³/mol. The third-order valence-corrected chi connectivity index (χ3v) is 7.62. The quantitative estimate of drug-likeness (QED) is 0.203. The van der Waals surface area contributed by atoms with Crippen molar-refractivity contribution >= 4 is 35.0 Å². The van der Waals surface area contributed by atoms with Crippen LogP contribution in [0.5, 0.6) is 0 Å². The summed E-state index contributed by atoms with van der Waals surface area (Å²) in [5, 5.41) is 13.3. The fourth-order valence-corrected chi connectivity index (χ4v) is 5.40. The van der Waals surface area contributed by atoms with Crippen LogP contribution >= 0.6 is 0 Å². The second-order valence-corrected chi connectivity index (χ2v) is 10.8. The number of ketones is 2. The molecule has 10 nitrogen and oxygen atoms in total. The first-order chi connectivity index (χ1) is 21.9. The standard InChI is InChI=1S/C31H32N4O4.C2HF3O2/c32-24(19-20-9-2-1-3-10-20)31(39)35-18-7-15-26(35)30(38)34-17-8-16-33-25-14-6-13-23-27(25)29(37)22-12-5-4-11-21(22)28(23)36;3-2(4,5)1(6)7/h1-6,9-14,24,26,33H,7-8,15-19,32H2,(H,34,38);(H,6,7)/t24-,26+;/m0./s1. The minimum absolute atomic E-state index is 0.157. The number of amides is 2. The van der Waals surface area contributed by atoms with Gasteiger partial charge in [0.15, 0.2) is 11.6 Å². The Morgan fingerprint density at radius 2 is 1.50 bits per heavy atom. The van der Waals surface area contributed by atoms with Crippen LogP contribution in [-0.2, 0) is 20.8 Å². The van der Waals surface area contributed by atoms with Gasteiger partial charge in [-0.3, -0.25) is 19.2 Å². The normalized spacial score (nSPS) is 16.0. The summed E-state index contributed by atoms with van der Waals surface area (Å²) in [6.45, 7) is 1.43. The van der Waals surface area contributed by atoms with Crippen LogP contribution in [0, 0.1) is 0 Å². The summed E-state index contributed by atoms with van der Waals surface area (Å²) in [5.74, 6) is -3.47. The number of nitrogens with zero attached hydrogens (tertiary/aromatic N) is 1. The van der Waals surface area contributed by atoms with Gasteiger partial charge in [0.2, 0.25) is 11.8 Å². The SMILES string of the molecule is N[C@@H](Cc1ccccc1)C(=O)N1CCC[C@@H]1C(=O)NCCCNc1cccc2c1C(=O)c1ccccc1C2=O.O=C(O)C(F)(F)F. The molecule has 0 bridgehead atoms. The van der Waals surface area contributed by atoms with Gasteiger partial charge in [-0.15, -0.1) is 0 Å². The van der Waals surface area contributed by atoms with E-state index in [-0.39, 0.29) is 23.4 Å². The molecule has 1 saturated heterocycles. The fraction of sp³-hybridized carbons (Fsp3) is 0.303. The van der Waals surface area contributed by atoms with Crippen molar-refractivity contribution in [1.29, 1.82) is 0 Å². The molecule has 242 valence electrons. The fourth-order valence-electron chi connectivity index (χ4n) is 5.40. The van der Waals surface area contributed by atoms with Crippen molar-refractivity contribution in [2.45, 2.75) is 43.9 Å². The number of hydrogen-bond donors (Lipinski definition) is 4. The lowest BCUT2D eigenvalue weighted by Gasteiger charge is -2.27. The van der Waals surface area contributed by atoms with E-state index in [1.165, 1.54) is 0 Å². The molecule has 0 aromatic heterocycles. The molecule has 3 aromatic carbocycles. The molecule has 1 aliphatic heterocycles. The van der Waals surface area contributed by atoms with E-state index in [4.69, 9.17) is 15.6 Å². The maximum atomic E-state index is 13.1. The Labute approximate surface area is 262 Å². The molecule has 2 atom stereocenters. The number of halogens is 3. The van der Waals surface area contributed by atoms with E-state index < -0.39 is 24.2 Å². The number of hydrogen-bond acceptors (Lipinski definition) is 7. The highest BCUT2D eigenvalue weighted by molar-refractivity contribution is 6.30. The number of rotatable bonds is 9. The summed E-state index contributed by atoms with van der Waals surface area (Å²) in [5.41, 5.74) is 9.42. The Bertz CT molecular complexity index is 1610. The average Bonchev–Trinajstić information content (AvgIpc) is 3.53. The number of likely N-dealkylation sites (tertiary alicyclic amines) is 1. The predicted octanol–water partition coefficient (Wildman–Crippen LogP) is 3.57. The van der Waals surface area contributed by atoms with E-state index in [1.807, 2.05) is 30.3 Å². The van der Waals surface area contributed by atoms with Gasteiger partial charge in [-0.2, -0.15) is 13.2 Å². The summed E-state index contributed by atoms with van der Waals surface area (Å²) >= 11 is 0. The first kappa shape index (κ1) is 33.8. The number of nitrogens with two attached hydrogens (primary N) is 1. The smallest absolute Gasteiger partial charge is 0.475 e. The summed E-state index contributed by atoms with van der Waals surface area (Å²) in [6, 6.07) is 20.5. The van der Waals surface area contributed by atoms with Gasteiger partial charge in [0, 0.05) is 42.0 Å². The zero-order chi connectivity index (χ0) is 33.4. The molecule has 2 aliphatic rings. The second-order valence-electron chi connectivity index (χ2n) is 10.8. The molecular weight excluding hydrogens is 605 g/mol. The van der Waals surface area contributed by atoms with Gasteiger partial charge in [-0.1, -0.05) is 66.7 Å². The average molecular weight is 639 g/mol. The number of carbonyl (C=O) groups is 5. The minimum atomic E-state index is -5.08. The zero-order valence-corrected chi connectivity index (χ0v) is 24.7. The van der Waals surface area contributed by atoms with Crippen molar-refractivity contribution in [3.63, 3.8) is 0 Å². The lowest BCUT2D eigenvalue weighted by molar-refractivity contribution is -0.192. The molecule has 46 heavy (non-hydrogen) atoms.